The Labute approximate surface area is 160 Å². The minimum Gasteiger partial charge on any atom is -0.467 e. The van der Waals surface area contributed by atoms with Crippen LogP contribution in [0.25, 0.3) is 0 Å². The largest absolute Gasteiger partial charge is 0.467 e. The highest BCUT2D eigenvalue weighted by atomic mass is 32.2. The Kier molecular flexibility index (Phi) is 5.88. The Morgan fingerprint density at radius 1 is 1.54 bits per heavy atom. The van der Waals surface area contributed by atoms with Crippen molar-refractivity contribution >= 4 is 44.0 Å². The number of anilines is 1. The molecule has 0 spiro atoms. The number of rotatable bonds is 7. The fourth-order valence-corrected chi connectivity index (χ4v) is 6.42. The summed E-state index contributed by atoms with van der Waals surface area (Å²) < 4.78 is 29.1. The summed E-state index contributed by atoms with van der Waals surface area (Å²) in [6, 6.07) is 3.44. The molecule has 2 atom stereocenters. The number of nitrogens with one attached hydrogen (secondary N) is 1. The molecule has 26 heavy (non-hydrogen) atoms. The van der Waals surface area contributed by atoms with Crippen LogP contribution in [0.4, 0.5) is 5.13 Å². The third-order valence-electron chi connectivity index (χ3n) is 4.13. The maximum Gasteiger partial charge on any atom is 0.235 e. The van der Waals surface area contributed by atoms with Gasteiger partial charge in [0, 0.05) is 13.1 Å². The SMILES string of the molecule is C[C@@H](Sc1nnc(NCc2ccco2)s1)C(=O)N(C)[C@@H]1CCS(=O)(=O)C1. The van der Waals surface area contributed by atoms with Gasteiger partial charge in [-0.05, 0) is 25.5 Å². The Morgan fingerprint density at radius 2 is 2.35 bits per heavy atom. The molecule has 1 aliphatic rings. The quantitative estimate of drug-likeness (QED) is 0.682. The zero-order chi connectivity index (χ0) is 18.7. The van der Waals surface area contributed by atoms with Gasteiger partial charge in [-0.25, -0.2) is 8.42 Å². The van der Waals surface area contributed by atoms with Crippen LogP contribution in [0, 0.1) is 0 Å². The molecule has 3 heterocycles. The summed E-state index contributed by atoms with van der Waals surface area (Å²) in [6.45, 7) is 2.31. The molecule has 0 saturated carbocycles. The second-order valence-corrected chi connectivity index (χ2v) is 10.9. The number of nitrogens with zero attached hydrogens (tertiary/aromatic N) is 3. The summed E-state index contributed by atoms with van der Waals surface area (Å²) in [5, 5.41) is 11.6. The Morgan fingerprint density at radius 3 is 3.00 bits per heavy atom. The molecule has 0 unspecified atom stereocenters. The van der Waals surface area contributed by atoms with E-state index in [1.165, 1.54) is 23.1 Å². The smallest absolute Gasteiger partial charge is 0.235 e. The molecule has 0 aromatic carbocycles. The molecule has 8 nitrogen and oxygen atoms in total. The van der Waals surface area contributed by atoms with Crippen LogP contribution in [-0.4, -0.2) is 59.3 Å². The van der Waals surface area contributed by atoms with Gasteiger partial charge in [-0.1, -0.05) is 23.1 Å². The molecule has 3 rings (SSSR count). The second-order valence-electron chi connectivity index (χ2n) is 6.07. The molecule has 1 fully saturated rings. The van der Waals surface area contributed by atoms with Crippen LogP contribution >= 0.6 is 23.1 Å². The molecule has 2 aromatic rings. The van der Waals surface area contributed by atoms with Crippen molar-refractivity contribution in [2.75, 3.05) is 23.9 Å². The first-order chi connectivity index (χ1) is 12.3. The molecule has 2 aromatic heterocycles. The van der Waals surface area contributed by atoms with E-state index in [-0.39, 0.29) is 28.7 Å². The molecular formula is C15H20N4O4S3. The van der Waals surface area contributed by atoms with Crippen molar-refractivity contribution in [3.63, 3.8) is 0 Å². The minimum absolute atomic E-state index is 0.0479. The first kappa shape index (κ1) is 19.2. The number of amides is 1. The second kappa shape index (κ2) is 7.97. The molecule has 142 valence electrons. The summed E-state index contributed by atoms with van der Waals surface area (Å²) in [5.41, 5.74) is 0. The number of carbonyl (C=O) groups excluding carboxylic acids is 1. The van der Waals surface area contributed by atoms with E-state index in [2.05, 4.69) is 15.5 Å². The van der Waals surface area contributed by atoms with Gasteiger partial charge in [0.2, 0.25) is 11.0 Å². The monoisotopic (exact) mass is 416 g/mol. The Hall–Kier alpha value is -1.59. The van der Waals surface area contributed by atoms with Gasteiger partial charge in [-0.15, -0.1) is 10.2 Å². The number of hydrogen-bond acceptors (Lipinski definition) is 9. The first-order valence-electron chi connectivity index (χ1n) is 8.07. The van der Waals surface area contributed by atoms with Crippen molar-refractivity contribution in [2.45, 2.75) is 35.5 Å². The highest BCUT2D eigenvalue weighted by molar-refractivity contribution is 8.02. The molecule has 1 N–H and O–H groups in total. The normalized spacial score (nSPS) is 20.0. The van der Waals surface area contributed by atoms with Crippen LogP contribution in [0.15, 0.2) is 27.2 Å². The average molecular weight is 417 g/mol. The van der Waals surface area contributed by atoms with Crippen LogP contribution in [-0.2, 0) is 21.2 Å². The zero-order valence-corrected chi connectivity index (χ0v) is 16.9. The number of furan rings is 1. The molecule has 11 heteroatoms. The predicted molar refractivity (Wildman–Crippen MR) is 101 cm³/mol. The van der Waals surface area contributed by atoms with Crippen LogP contribution in [0.2, 0.25) is 0 Å². The third kappa shape index (κ3) is 4.77. The molecular weight excluding hydrogens is 396 g/mol. The van der Waals surface area contributed by atoms with Gasteiger partial charge >= 0.3 is 0 Å². The van der Waals surface area contributed by atoms with E-state index < -0.39 is 9.84 Å². The predicted octanol–water partition coefficient (Wildman–Crippen LogP) is 1.87. The third-order valence-corrected chi connectivity index (χ3v) is 7.93. The molecule has 0 radical (unpaired) electrons. The summed E-state index contributed by atoms with van der Waals surface area (Å²) in [4.78, 5) is 14.1. The summed E-state index contributed by atoms with van der Waals surface area (Å²) in [7, 11) is -1.35. The lowest BCUT2D eigenvalue weighted by molar-refractivity contribution is -0.130. The number of aromatic nitrogens is 2. The molecule has 1 saturated heterocycles. The first-order valence-corrected chi connectivity index (χ1v) is 11.6. The van der Waals surface area contributed by atoms with Gasteiger partial charge in [0.15, 0.2) is 14.2 Å². The summed E-state index contributed by atoms with van der Waals surface area (Å²) in [5.74, 6) is 0.896. The minimum atomic E-state index is -3.02. The van der Waals surface area contributed by atoms with Crippen molar-refractivity contribution in [3.05, 3.63) is 24.2 Å². The number of hydrogen-bond donors (Lipinski definition) is 1. The lowest BCUT2D eigenvalue weighted by Gasteiger charge is -2.25. The Bertz CT molecular complexity index is 850. The maximum absolute atomic E-state index is 12.6. The van der Waals surface area contributed by atoms with E-state index in [0.717, 1.165) is 5.76 Å². The van der Waals surface area contributed by atoms with Gasteiger partial charge in [-0.3, -0.25) is 4.79 Å². The summed E-state index contributed by atoms with van der Waals surface area (Å²) in [6.07, 6.45) is 2.11. The molecule has 0 bridgehead atoms. The van der Waals surface area contributed by atoms with Crippen LogP contribution < -0.4 is 5.32 Å². The van der Waals surface area contributed by atoms with E-state index in [1.807, 2.05) is 12.1 Å². The Balaban J connectivity index is 1.52. The van der Waals surface area contributed by atoms with Crippen molar-refractivity contribution in [2.24, 2.45) is 0 Å². The highest BCUT2D eigenvalue weighted by Crippen LogP contribution is 2.30. The van der Waals surface area contributed by atoms with Crippen LogP contribution in [0.1, 0.15) is 19.1 Å². The van der Waals surface area contributed by atoms with E-state index in [1.54, 1.807) is 25.1 Å². The number of sulfone groups is 1. The maximum atomic E-state index is 12.6. The van der Waals surface area contributed by atoms with Crippen molar-refractivity contribution in [1.29, 1.82) is 0 Å². The highest BCUT2D eigenvalue weighted by Gasteiger charge is 2.34. The topological polar surface area (TPSA) is 105 Å². The van der Waals surface area contributed by atoms with Gasteiger partial charge in [0.1, 0.15) is 5.76 Å². The number of thioether (sulfide) groups is 1. The van der Waals surface area contributed by atoms with Crippen molar-refractivity contribution < 1.29 is 17.6 Å². The fraction of sp³-hybridized carbons (Fsp3) is 0.533. The fourth-order valence-electron chi connectivity index (χ4n) is 2.65. The van der Waals surface area contributed by atoms with E-state index in [9.17, 15) is 13.2 Å². The van der Waals surface area contributed by atoms with Gasteiger partial charge in [0.05, 0.1) is 29.6 Å². The molecule has 0 aliphatic carbocycles. The number of carbonyl (C=O) groups is 1. The standard InChI is InChI=1S/C15H20N4O4S3/c1-10(13(20)19(2)11-5-7-26(21,22)9-11)24-15-18-17-14(25-15)16-8-12-4-3-6-23-12/h3-4,6,10-11H,5,7-9H2,1-2H3,(H,16,17)/t10-,11-/m1/s1. The molecule has 1 aliphatic heterocycles. The van der Waals surface area contributed by atoms with Crippen LogP contribution in [0.3, 0.4) is 0 Å². The van der Waals surface area contributed by atoms with Crippen molar-refractivity contribution in [3.8, 4) is 0 Å². The van der Waals surface area contributed by atoms with Gasteiger partial charge < -0.3 is 14.6 Å². The molecule has 1 amide bonds. The van der Waals surface area contributed by atoms with Gasteiger partial charge in [0.25, 0.3) is 0 Å². The average Bonchev–Trinajstić information content (AvgIpc) is 3.32. The van der Waals surface area contributed by atoms with Gasteiger partial charge in [-0.2, -0.15) is 0 Å². The lowest BCUT2D eigenvalue weighted by Crippen LogP contribution is -2.41. The summed E-state index contributed by atoms with van der Waals surface area (Å²) >= 11 is 2.69. The zero-order valence-electron chi connectivity index (χ0n) is 14.4. The lowest BCUT2D eigenvalue weighted by atomic mass is 10.2. The van der Waals surface area contributed by atoms with Crippen LogP contribution in [0.5, 0.6) is 0 Å². The van der Waals surface area contributed by atoms with E-state index in [4.69, 9.17) is 4.42 Å². The van der Waals surface area contributed by atoms with E-state index >= 15 is 0 Å². The van der Waals surface area contributed by atoms with E-state index in [0.29, 0.717) is 22.4 Å². The van der Waals surface area contributed by atoms with Crippen molar-refractivity contribution in [1.82, 2.24) is 15.1 Å².